The minimum Gasteiger partial charge on any atom is -0.494 e. The normalized spacial score (nSPS) is 16.4. The van der Waals surface area contributed by atoms with Crippen molar-refractivity contribution in [3.63, 3.8) is 0 Å². The summed E-state index contributed by atoms with van der Waals surface area (Å²) < 4.78 is 20.1. The lowest BCUT2D eigenvalue weighted by Crippen LogP contribution is -2.34. The Labute approximate surface area is 186 Å². The highest BCUT2D eigenvalue weighted by Crippen LogP contribution is 2.34. The average Bonchev–Trinajstić information content (AvgIpc) is 2.73. The molecule has 1 heterocycles. The number of amides is 1. The SMILES string of the molecule is COc1cccc(-c2ccc3c(c2)CN(C(C)C)CCCCCCCN3C(C)=O)c1F. The van der Waals surface area contributed by atoms with Crippen LogP contribution in [0.3, 0.4) is 0 Å². The molecule has 0 atom stereocenters. The molecule has 2 aromatic carbocycles. The maximum Gasteiger partial charge on any atom is 0.223 e. The van der Waals surface area contributed by atoms with Crippen molar-refractivity contribution in [3.05, 3.63) is 47.8 Å². The van der Waals surface area contributed by atoms with Crippen LogP contribution in [0.25, 0.3) is 11.1 Å². The molecule has 1 aliphatic heterocycles. The molecule has 0 fully saturated rings. The molecule has 5 heteroatoms. The predicted molar refractivity (Wildman–Crippen MR) is 125 cm³/mol. The van der Waals surface area contributed by atoms with Crippen molar-refractivity contribution in [1.29, 1.82) is 0 Å². The van der Waals surface area contributed by atoms with E-state index in [2.05, 4.69) is 18.7 Å². The largest absolute Gasteiger partial charge is 0.494 e. The van der Waals surface area contributed by atoms with Gasteiger partial charge in [-0.3, -0.25) is 9.69 Å². The Morgan fingerprint density at radius 1 is 1.03 bits per heavy atom. The van der Waals surface area contributed by atoms with E-state index in [0.29, 0.717) is 11.6 Å². The topological polar surface area (TPSA) is 32.8 Å². The van der Waals surface area contributed by atoms with Crippen molar-refractivity contribution in [1.82, 2.24) is 4.90 Å². The Balaban J connectivity index is 2.09. The predicted octanol–water partition coefficient (Wildman–Crippen LogP) is 6.03. The van der Waals surface area contributed by atoms with Gasteiger partial charge in [-0.2, -0.15) is 0 Å². The number of anilines is 1. The highest BCUT2D eigenvalue weighted by molar-refractivity contribution is 5.92. The van der Waals surface area contributed by atoms with Crippen molar-refractivity contribution >= 4 is 11.6 Å². The smallest absolute Gasteiger partial charge is 0.223 e. The van der Waals surface area contributed by atoms with Crippen LogP contribution in [0.15, 0.2) is 36.4 Å². The zero-order valence-corrected chi connectivity index (χ0v) is 19.3. The molecule has 2 aromatic rings. The van der Waals surface area contributed by atoms with Gasteiger partial charge in [0, 0.05) is 37.3 Å². The Bertz CT molecular complexity index is 897. The molecule has 0 aromatic heterocycles. The third kappa shape index (κ3) is 5.65. The second-order valence-corrected chi connectivity index (χ2v) is 8.67. The van der Waals surface area contributed by atoms with Crippen molar-refractivity contribution in [2.24, 2.45) is 0 Å². The highest BCUT2D eigenvalue weighted by Gasteiger charge is 2.21. The Morgan fingerprint density at radius 2 is 1.74 bits per heavy atom. The van der Waals surface area contributed by atoms with Gasteiger partial charge in [-0.05, 0) is 62.6 Å². The van der Waals surface area contributed by atoms with Crippen molar-refractivity contribution in [2.75, 3.05) is 25.1 Å². The number of carbonyl (C=O) groups is 1. The summed E-state index contributed by atoms with van der Waals surface area (Å²) in [6.45, 7) is 8.52. The fraction of sp³-hybridized carbons (Fsp3) is 0.500. The number of nitrogens with zero attached hydrogens (tertiary/aromatic N) is 2. The monoisotopic (exact) mass is 426 g/mol. The summed E-state index contributed by atoms with van der Waals surface area (Å²) in [6, 6.07) is 11.5. The lowest BCUT2D eigenvalue weighted by Gasteiger charge is -2.31. The number of halogens is 1. The van der Waals surface area contributed by atoms with Gasteiger partial charge in [0.1, 0.15) is 0 Å². The van der Waals surface area contributed by atoms with E-state index in [-0.39, 0.29) is 17.5 Å². The summed E-state index contributed by atoms with van der Waals surface area (Å²) in [5.41, 5.74) is 3.31. The van der Waals surface area contributed by atoms with Gasteiger partial charge in [-0.25, -0.2) is 4.39 Å². The lowest BCUT2D eigenvalue weighted by molar-refractivity contribution is -0.116. The molecular formula is C26H35FN2O2. The molecule has 0 aliphatic carbocycles. The fourth-order valence-electron chi connectivity index (χ4n) is 4.34. The molecule has 0 unspecified atom stereocenters. The van der Waals surface area contributed by atoms with Gasteiger partial charge in [-0.15, -0.1) is 0 Å². The van der Waals surface area contributed by atoms with Crippen LogP contribution in [0.2, 0.25) is 0 Å². The summed E-state index contributed by atoms with van der Waals surface area (Å²) in [7, 11) is 1.48. The Morgan fingerprint density at radius 3 is 2.42 bits per heavy atom. The first-order valence-electron chi connectivity index (χ1n) is 11.4. The van der Waals surface area contributed by atoms with Gasteiger partial charge < -0.3 is 9.64 Å². The molecule has 0 saturated carbocycles. The van der Waals surface area contributed by atoms with Crippen LogP contribution in [-0.4, -0.2) is 37.0 Å². The minimum absolute atomic E-state index is 0.0507. The maximum absolute atomic E-state index is 15.0. The van der Waals surface area contributed by atoms with Gasteiger partial charge >= 0.3 is 0 Å². The molecule has 1 aliphatic rings. The van der Waals surface area contributed by atoms with Crippen molar-refractivity contribution in [2.45, 2.75) is 65.5 Å². The number of fused-ring (bicyclic) bond motifs is 1. The Hall–Kier alpha value is -2.40. The van der Waals surface area contributed by atoms with Crippen LogP contribution in [-0.2, 0) is 11.3 Å². The second-order valence-electron chi connectivity index (χ2n) is 8.67. The third-order valence-corrected chi connectivity index (χ3v) is 6.18. The summed E-state index contributed by atoms with van der Waals surface area (Å²) in [5, 5.41) is 0. The molecule has 168 valence electrons. The second kappa shape index (κ2) is 10.8. The van der Waals surface area contributed by atoms with E-state index >= 15 is 0 Å². The van der Waals surface area contributed by atoms with E-state index in [1.54, 1.807) is 25.1 Å². The zero-order chi connectivity index (χ0) is 22.4. The van der Waals surface area contributed by atoms with Gasteiger partial charge in [0.2, 0.25) is 5.91 Å². The van der Waals surface area contributed by atoms with Gasteiger partial charge in [-0.1, -0.05) is 37.5 Å². The van der Waals surface area contributed by atoms with Crippen molar-refractivity contribution in [3.8, 4) is 16.9 Å². The van der Waals surface area contributed by atoms with Crippen LogP contribution in [0.4, 0.5) is 10.1 Å². The molecule has 1 amide bonds. The van der Waals surface area contributed by atoms with Crippen LogP contribution in [0.5, 0.6) is 5.75 Å². The zero-order valence-electron chi connectivity index (χ0n) is 19.3. The molecule has 0 spiro atoms. The van der Waals surface area contributed by atoms with E-state index in [0.717, 1.165) is 49.3 Å². The fourth-order valence-corrected chi connectivity index (χ4v) is 4.34. The van der Waals surface area contributed by atoms with Crippen LogP contribution in [0.1, 0.15) is 58.4 Å². The van der Waals surface area contributed by atoms with Crippen LogP contribution < -0.4 is 9.64 Å². The Kier molecular flexibility index (Phi) is 8.08. The molecular weight excluding hydrogens is 391 g/mol. The summed E-state index contributed by atoms with van der Waals surface area (Å²) in [4.78, 5) is 16.9. The van der Waals surface area contributed by atoms with E-state index in [1.807, 2.05) is 23.1 Å². The number of carbonyl (C=O) groups excluding carboxylic acids is 1. The molecule has 0 bridgehead atoms. The summed E-state index contributed by atoms with van der Waals surface area (Å²) >= 11 is 0. The molecule has 4 nitrogen and oxygen atoms in total. The number of ether oxygens (including phenoxy) is 1. The lowest BCUT2D eigenvalue weighted by atomic mass is 9.99. The summed E-state index contributed by atoms with van der Waals surface area (Å²) in [5.74, 6) is -0.0728. The van der Waals surface area contributed by atoms with Gasteiger partial charge in [0.25, 0.3) is 0 Å². The van der Waals surface area contributed by atoms with Crippen molar-refractivity contribution < 1.29 is 13.9 Å². The maximum atomic E-state index is 15.0. The summed E-state index contributed by atoms with van der Waals surface area (Å²) in [6.07, 6.45) is 5.73. The first-order valence-corrected chi connectivity index (χ1v) is 11.4. The van der Waals surface area contributed by atoms with E-state index in [1.165, 1.54) is 26.4 Å². The quantitative estimate of drug-likeness (QED) is 0.601. The molecule has 0 saturated heterocycles. The standard InChI is InChI=1S/C26H35FN2O2/c1-19(2)28-15-8-6-5-7-9-16-29(20(3)30)24-14-13-21(17-22(24)18-28)23-11-10-12-25(31-4)26(23)27/h10-14,17,19H,5-9,15-16,18H2,1-4H3. The van der Waals surface area contributed by atoms with Gasteiger partial charge in [0.15, 0.2) is 11.6 Å². The average molecular weight is 427 g/mol. The number of hydrogen-bond acceptors (Lipinski definition) is 3. The number of methoxy groups -OCH3 is 1. The number of hydrogen-bond donors (Lipinski definition) is 0. The first-order chi connectivity index (χ1) is 14.9. The highest BCUT2D eigenvalue weighted by atomic mass is 19.1. The van der Waals surface area contributed by atoms with E-state index in [4.69, 9.17) is 4.74 Å². The van der Waals surface area contributed by atoms with Gasteiger partial charge in [0.05, 0.1) is 7.11 Å². The minimum atomic E-state index is -0.359. The van der Waals surface area contributed by atoms with E-state index in [9.17, 15) is 9.18 Å². The third-order valence-electron chi connectivity index (χ3n) is 6.18. The number of benzene rings is 2. The molecule has 0 N–H and O–H groups in total. The number of rotatable bonds is 3. The van der Waals surface area contributed by atoms with E-state index < -0.39 is 0 Å². The molecule has 3 rings (SSSR count). The first kappa shape index (κ1) is 23.3. The molecule has 0 radical (unpaired) electrons. The van der Waals surface area contributed by atoms with Crippen LogP contribution >= 0.6 is 0 Å². The van der Waals surface area contributed by atoms with Crippen LogP contribution in [0, 0.1) is 5.82 Å². The molecule has 31 heavy (non-hydrogen) atoms.